The van der Waals surface area contributed by atoms with Gasteiger partial charge in [0.25, 0.3) is 0 Å². The van der Waals surface area contributed by atoms with Crippen LogP contribution in [0.2, 0.25) is 0 Å². The summed E-state index contributed by atoms with van der Waals surface area (Å²) in [6.07, 6.45) is 0. The van der Waals surface area contributed by atoms with Gasteiger partial charge in [0.15, 0.2) is 17.5 Å². The Morgan fingerprint density at radius 3 is 1.60 bits per heavy atom. The molecule has 0 N–H and O–H groups in total. The zero-order valence-corrected chi connectivity index (χ0v) is 28.2. The van der Waals surface area contributed by atoms with Crippen LogP contribution >= 0.6 is 0 Å². The average molecular weight is 675 g/mol. The molecule has 0 aliphatic carbocycles. The third-order valence-corrected chi connectivity index (χ3v) is 10.5. The van der Waals surface area contributed by atoms with Gasteiger partial charge in [-0.05, 0) is 84.7 Å². The predicted molar refractivity (Wildman–Crippen MR) is 213 cm³/mol. The monoisotopic (exact) mass is 674 g/mol. The Hall–Kier alpha value is -7.42. The lowest BCUT2D eigenvalue weighted by Gasteiger charge is -2.23. The molecule has 5 nitrogen and oxygen atoms in total. The number of nitrogens with zero attached hydrogens (tertiary/aromatic N) is 4. The van der Waals surface area contributed by atoms with Crippen molar-refractivity contribution in [3.05, 3.63) is 163 Å². The van der Waals surface area contributed by atoms with Crippen LogP contribution < -0.4 is 4.74 Å². The summed E-state index contributed by atoms with van der Waals surface area (Å²) >= 11 is 0. The summed E-state index contributed by atoms with van der Waals surface area (Å²) in [5.41, 5.74) is 7.82. The van der Waals surface area contributed by atoms with Crippen LogP contribution in [-0.2, 0) is 0 Å². The fraction of sp³-hybridized carbons (Fsp3) is 0. The van der Waals surface area contributed by atoms with Gasteiger partial charge in [-0.2, -0.15) is 5.26 Å². The van der Waals surface area contributed by atoms with Gasteiger partial charge in [-0.15, -0.1) is 0 Å². The Balaban J connectivity index is 1.13. The van der Waals surface area contributed by atoms with E-state index in [0.717, 1.165) is 60.9 Å². The van der Waals surface area contributed by atoms with E-state index < -0.39 is 0 Å². The maximum Gasteiger partial charge on any atom is 0.164 e. The minimum atomic E-state index is 0.580. The molecule has 0 fully saturated rings. The standard InChI is InChI=1S/C48H26N4O/c49-27-28-14-19-35-37-13-7-12-36-34(24-25-41(45(36)37)53-42(35)26-28)33-20-15-29-17-22-39-40(23-18-30-16-21-38(33)43(29)44(30)39)48-51-46(31-8-3-1-4-9-31)50-47(52-48)32-10-5-2-6-11-32/h1-26H. The molecule has 0 amide bonds. The summed E-state index contributed by atoms with van der Waals surface area (Å²) in [6.45, 7) is 0. The first kappa shape index (κ1) is 29.3. The Labute approximate surface area is 304 Å². The van der Waals surface area contributed by atoms with Crippen LogP contribution in [0.15, 0.2) is 158 Å². The van der Waals surface area contributed by atoms with Crippen molar-refractivity contribution in [2.45, 2.75) is 0 Å². The number of hydrogen-bond donors (Lipinski definition) is 0. The van der Waals surface area contributed by atoms with Gasteiger partial charge in [0.05, 0.1) is 11.6 Å². The molecule has 0 radical (unpaired) electrons. The van der Waals surface area contributed by atoms with Crippen LogP contribution in [-0.4, -0.2) is 15.0 Å². The molecule has 2 heterocycles. The zero-order valence-electron chi connectivity index (χ0n) is 28.2. The van der Waals surface area contributed by atoms with E-state index in [1.54, 1.807) is 0 Å². The molecule has 9 aromatic carbocycles. The van der Waals surface area contributed by atoms with Crippen LogP contribution in [0.4, 0.5) is 0 Å². The van der Waals surface area contributed by atoms with Crippen molar-refractivity contribution >= 4 is 43.1 Å². The van der Waals surface area contributed by atoms with Crippen molar-refractivity contribution in [1.82, 2.24) is 15.0 Å². The SMILES string of the molecule is N#Cc1ccc2c(c1)Oc1ccc(-c3ccc4ccc5c(-c6nc(-c7ccccc7)nc(-c7ccccc7)n6)ccc6ccc3c4c65)c3cccc-2c13. The molecule has 0 saturated carbocycles. The Morgan fingerprint density at radius 1 is 0.396 bits per heavy atom. The second kappa shape index (κ2) is 11.3. The van der Waals surface area contributed by atoms with Crippen LogP contribution in [0, 0.1) is 11.3 Å². The highest BCUT2D eigenvalue weighted by molar-refractivity contribution is 6.28. The topological polar surface area (TPSA) is 71.7 Å². The minimum absolute atomic E-state index is 0.580. The Morgan fingerprint density at radius 2 is 0.943 bits per heavy atom. The quantitative estimate of drug-likeness (QED) is 0.174. The summed E-state index contributed by atoms with van der Waals surface area (Å²) in [5, 5.41) is 18.7. The molecule has 244 valence electrons. The third-order valence-electron chi connectivity index (χ3n) is 10.5. The van der Waals surface area contributed by atoms with Gasteiger partial charge >= 0.3 is 0 Å². The molecule has 1 aliphatic heterocycles. The number of benzene rings is 9. The largest absolute Gasteiger partial charge is 0.456 e. The molecule has 5 heteroatoms. The molecule has 1 aromatic heterocycles. The molecular weight excluding hydrogens is 649 g/mol. The van der Waals surface area contributed by atoms with Gasteiger partial charge in [0, 0.05) is 27.6 Å². The molecule has 0 unspecified atom stereocenters. The lowest BCUT2D eigenvalue weighted by atomic mass is 9.86. The van der Waals surface area contributed by atoms with Crippen LogP contribution in [0.25, 0.3) is 99.5 Å². The first-order chi connectivity index (χ1) is 26.2. The molecule has 0 spiro atoms. The van der Waals surface area contributed by atoms with Crippen molar-refractivity contribution in [3.63, 3.8) is 0 Å². The lowest BCUT2D eigenvalue weighted by Crippen LogP contribution is -2.00. The van der Waals surface area contributed by atoms with E-state index in [9.17, 15) is 5.26 Å². The van der Waals surface area contributed by atoms with Crippen LogP contribution in [0.3, 0.4) is 0 Å². The first-order valence-electron chi connectivity index (χ1n) is 17.6. The fourth-order valence-corrected chi connectivity index (χ4v) is 8.10. The summed E-state index contributed by atoms with van der Waals surface area (Å²) < 4.78 is 6.42. The number of ether oxygens (including phenoxy) is 1. The summed E-state index contributed by atoms with van der Waals surface area (Å²) in [5.74, 6) is 3.43. The average Bonchev–Trinajstić information content (AvgIpc) is 3.23. The molecule has 0 bridgehead atoms. The van der Waals surface area contributed by atoms with Gasteiger partial charge in [0.1, 0.15) is 11.5 Å². The summed E-state index contributed by atoms with van der Waals surface area (Å²) in [4.78, 5) is 15.1. The van der Waals surface area contributed by atoms with E-state index in [4.69, 9.17) is 19.7 Å². The van der Waals surface area contributed by atoms with E-state index in [2.05, 4.69) is 84.9 Å². The maximum absolute atomic E-state index is 9.51. The molecule has 11 rings (SSSR count). The number of fused-ring (bicyclic) bond motifs is 2. The number of hydrogen-bond acceptors (Lipinski definition) is 5. The highest BCUT2D eigenvalue weighted by atomic mass is 16.5. The van der Waals surface area contributed by atoms with Crippen molar-refractivity contribution in [2.75, 3.05) is 0 Å². The molecule has 0 saturated heterocycles. The lowest BCUT2D eigenvalue weighted by molar-refractivity contribution is 0.487. The van der Waals surface area contributed by atoms with Gasteiger partial charge in [-0.25, -0.2) is 15.0 Å². The van der Waals surface area contributed by atoms with E-state index in [1.165, 1.54) is 26.9 Å². The Bertz CT molecular complexity index is 3090. The van der Waals surface area contributed by atoms with E-state index >= 15 is 0 Å². The second-order valence-corrected chi connectivity index (χ2v) is 13.5. The van der Waals surface area contributed by atoms with Crippen molar-refractivity contribution < 1.29 is 4.74 Å². The van der Waals surface area contributed by atoms with Gasteiger partial charge in [0.2, 0.25) is 0 Å². The van der Waals surface area contributed by atoms with Crippen molar-refractivity contribution in [1.29, 1.82) is 5.26 Å². The smallest absolute Gasteiger partial charge is 0.164 e. The zero-order chi connectivity index (χ0) is 35.0. The summed E-state index contributed by atoms with van der Waals surface area (Å²) in [7, 11) is 0. The van der Waals surface area contributed by atoms with Gasteiger partial charge < -0.3 is 4.74 Å². The predicted octanol–water partition coefficient (Wildman–Crippen LogP) is 12.2. The highest BCUT2D eigenvalue weighted by Gasteiger charge is 2.24. The second-order valence-electron chi connectivity index (χ2n) is 13.5. The fourth-order valence-electron chi connectivity index (χ4n) is 8.10. The van der Waals surface area contributed by atoms with Crippen LogP contribution in [0.5, 0.6) is 11.5 Å². The Kier molecular flexibility index (Phi) is 6.25. The molecule has 10 aromatic rings. The van der Waals surface area contributed by atoms with E-state index in [-0.39, 0.29) is 0 Å². The number of rotatable bonds is 4. The third kappa shape index (κ3) is 4.46. The van der Waals surface area contributed by atoms with Gasteiger partial charge in [-0.3, -0.25) is 0 Å². The summed E-state index contributed by atoms with van der Waals surface area (Å²) in [6, 6.07) is 56.5. The minimum Gasteiger partial charge on any atom is -0.456 e. The molecule has 53 heavy (non-hydrogen) atoms. The molecular formula is C48H26N4O. The van der Waals surface area contributed by atoms with E-state index in [0.29, 0.717) is 28.8 Å². The number of nitriles is 1. The first-order valence-corrected chi connectivity index (χ1v) is 17.6. The maximum atomic E-state index is 9.51. The highest BCUT2D eigenvalue weighted by Crippen LogP contribution is 2.50. The van der Waals surface area contributed by atoms with Crippen molar-refractivity contribution in [3.8, 4) is 74.0 Å². The van der Waals surface area contributed by atoms with Crippen molar-refractivity contribution in [2.24, 2.45) is 0 Å². The van der Waals surface area contributed by atoms with Crippen LogP contribution in [0.1, 0.15) is 5.56 Å². The van der Waals surface area contributed by atoms with E-state index in [1.807, 2.05) is 78.9 Å². The normalized spacial score (nSPS) is 11.9. The molecule has 1 aliphatic rings. The number of aromatic nitrogens is 3. The van der Waals surface area contributed by atoms with Gasteiger partial charge in [-0.1, -0.05) is 127 Å². The molecule has 0 atom stereocenters.